The number of rotatable bonds is 7. The topological polar surface area (TPSA) is 103 Å². The Morgan fingerprint density at radius 1 is 1.17 bits per heavy atom. The summed E-state index contributed by atoms with van der Waals surface area (Å²) in [4.78, 5) is 25.2. The van der Waals surface area contributed by atoms with E-state index in [1.165, 1.54) is 24.0 Å². The van der Waals surface area contributed by atoms with Gasteiger partial charge in [-0.2, -0.15) is 0 Å². The number of carbonyl (C=O) groups excluding carboxylic acids is 1. The lowest BCUT2D eigenvalue weighted by Gasteiger charge is -2.19. The summed E-state index contributed by atoms with van der Waals surface area (Å²) in [6, 6.07) is 14.6. The van der Waals surface area contributed by atoms with Crippen LogP contribution in [-0.2, 0) is 12.8 Å². The van der Waals surface area contributed by atoms with Gasteiger partial charge in [0, 0.05) is 28.7 Å². The molecule has 1 aliphatic rings. The van der Waals surface area contributed by atoms with Crippen molar-refractivity contribution in [1.29, 1.82) is 0 Å². The van der Waals surface area contributed by atoms with Gasteiger partial charge in [-0.15, -0.1) is 0 Å². The molecule has 0 bridgehead atoms. The number of H-pyrrole nitrogens is 1. The number of nitrogens with zero attached hydrogens (tertiary/aromatic N) is 2. The number of hydrogen-bond acceptors (Lipinski definition) is 5. The number of aliphatic hydroxyl groups is 1. The van der Waals surface area contributed by atoms with Crippen molar-refractivity contribution in [3.8, 4) is 11.3 Å². The van der Waals surface area contributed by atoms with Gasteiger partial charge in [0.2, 0.25) is 5.95 Å². The summed E-state index contributed by atoms with van der Waals surface area (Å²) in [7, 11) is 0. The van der Waals surface area contributed by atoms with Gasteiger partial charge < -0.3 is 20.7 Å². The lowest BCUT2D eigenvalue weighted by atomic mass is 9.90. The molecule has 2 heterocycles. The van der Waals surface area contributed by atoms with E-state index >= 15 is 0 Å². The van der Waals surface area contributed by atoms with E-state index in [1.54, 1.807) is 36.7 Å². The zero-order chi connectivity index (χ0) is 25.1. The Kier molecular flexibility index (Phi) is 7.02. The molecule has 4 N–H and O–H groups in total. The molecule has 0 radical (unpaired) electrons. The molecule has 2 aromatic heterocycles. The van der Waals surface area contributed by atoms with E-state index in [1.807, 2.05) is 13.0 Å². The maximum Gasteiger partial charge on any atom is 0.268 e. The summed E-state index contributed by atoms with van der Waals surface area (Å²) in [5.41, 5.74) is 7.29. The number of fused-ring (bicyclic) bond motifs is 1. The lowest BCUT2D eigenvalue weighted by Crippen LogP contribution is -2.31. The Hall–Kier alpha value is -3.68. The molecule has 0 saturated carbocycles. The van der Waals surface area contributed by atoms with Gasteiger partial charge in [-0.05, 0) is 79.1 Å². The minimum absolute atomic E-state index is 0.247. The van der Waals surface area contributed by atoms with Crippen molar-refractivity contribution >= 4 is 29.1 Å². The highest BCUT2D eigenvalue weighted by Crippen LogP contribution is 2.30. The minimum Gasteiger partial charge on any atom is -0.394 e. The third-order valence-corrected chi connectivity index (χ3v) is 6.79. The molecule has 36 heavy (non-hydrogen) atoms. The first kappa shape index (κ1) is 24.0. The van der Waals surface area contributed by atoms with Crippen LogP contribution in [0.4, 0.5) is 11.6 Å². The summed E-state index contributed by atoms with van der Waals surface area (Å²) >= 11 is 6.07. The Morgan fingerprint density at radius 2 is 2.00 bits per heavy atom. The van der Waals surface area contributed by atoms with Gasteiger partial charge in [-0.25, -0.2) is 9.97 Å². The van der Waals surface area contributed by atoms with Crippen molar-refractivity contribution in [3.63, 3.8) is 0 Å². The fourth-order valence-corrected chi connectivity index (χ4v) is 4.87. The Balaban J connectivity index is 1.35. The van der Waals surface area contributed by atoms with Crippen LogP contribution >= 0.6 is 11.6 Å². The molecule has 4 aromatic rings. The SMILES string of the molecule is Cc1cnc(Nc2cccc3c2CCCC3)nc1-c1c[nH]c(C(=O)NC(CO)c2cccc(Cl)c2)c1. The highest BCUT2D eigenvalue weighted by molar-refractivity contribution is 6.30. The predicted molar refractivity (Wildman–Crippen MR) is 142 cm³/mol. The van der Waals surface area contributed by atoms with Gasteiger partial charge in [0.1, 0.15) is 5.69 Å². The molecule has 1 aliphatic carbocycles. The second kappa shape index (κ2) is 10.5. The summed E-state index contributed by atoms with van der Waals surface area (Å²) in [5, 5.41) is 16.6. The van der Waals surface area contributed by atoms with Crippen LogP contribution in [0.3, 0.4) is 0 Å². The molecular weight excluding hydrogens is 474 g/mol. The minimum atomic E-state index is -0.573. The largest absolute Gasteiger partial charge is 0.394 e. The Bertz CT molecular complexity index is 1400. The molecule has 7 nitrogen and oxygen atoms in total. The van der Waals surface area contributed by atoms with Crippen molar-refractivity contribution in [2.45, 2.75) is 38.6 Å². The first-order chi connectivity index (χ1) is 17.5. The number of aromatic amines is 1. The molecule has 2 aromatic carbocycles. The number of hydrogen-bond donors (Lipinski definition) is 4. The zero-order valence-electron chi connectivity index (χ0n) is 20.0. The first-order valence-electron chi connectivity index (χ1n) is 12.1. The van der Waals surface area contributed by atoms with Gasteiger partial charge in [-0.3, -0.25) is 4.79 Å². The van der Waals surface area contributed by atoms with E-state index in [-0.39, 0.29) is 12.5 Å². The summed E-state index contributed by atoms with van der Waals surface area (Å²) in [6.45, 7) is 1.69. The van der Waals surface area contributed by atoms with E-state index in [0.717, 1.165) is 40.9 Å². The number of amides is 1. The highest BCUT2D eigenvalue weighted by atomic mass is 35.5. The second-order valence-electron chi connectivity index (χ2n) is 9.07. The molecule has 5 rings (SSSR count). The molecule has 1 amide bonds. The van der Waals surface area contributed by atoms with Crippen LogP contribution in [0.1, 0.15) is 51.6 Å². The molecule has 0 spiro atoms. The first-order valence-corrected chi connectivity index (χ1v) is 12.5. The van der Waals surface area contributed by atoms with Crippen LogP contribution in [0, 0.1) is 6.92 Å². The fourth-order valence-electron chi connectivity index (χ4n) is 4.67. The maximum atomic E-state index is 12.9. The second-order valence-corrected chi connectivity index (χ2v) is 9.50. The molecule has 1 atom stereocenters. The van der Waals surface area contributed by atoms with Gasteiger partial charge in [-0.1, -0.05) is 35.9 Å². The fraction of sp³-hybridized carbons (Fsp3) is 0.250. The van der Waals surface area contributed by atoms with Gasteiger partial charge in [0.25, 0.3) is 5.91 Å². The number of benzene rings is 2. The maximum absolute atomic E-state index is 12.9. The van der Waals surface area contributed by atoms with Crippen LogP contribution in [-0.4, -0.2) is 32.6 Å². The average Bonchev–Trinajstić information content (AvgIpc) is 3.39. The number of nitrogens with one attached hydrogen (secondary N) is 3. The summed E-state index contributed by atoms with van der Waals surface area (Å²) in [5.74, 6) is 0.185. The van der Waals surface area contributed by atoms with Crippen molar-refractivity contribution < 1.29 is 9.90 Å². The summed E-state index contributed by atoms with van der Waals surface area (Å²) < 4.78 is 0. The number of aliphatic hydroxyl groups excluding tert-OH is 1. The summed E-state index contributed by atoms with van der Waals surface area (Å²) in [6.07, 6.45) is 8.11. The van der Waals surface area contributed by atoms with Gasteiger partial charge in [0.05, 0.1) is 18.3 Å². The molecule has 0 fully saturated rings. The smallest absolute Gasteiger partial charge is 0.268 e. The van der Waals surface area contributed by atoms with Crippen molar-refractivity contribution in [2.75, 3.05) is 11.9 Å². The third kappa shape index (κ3) is 5.12. The van der Waals surface area contributed by atoms with Crippen LogP contribution < -0.4 is 10.6 Å². The van der Waals surface area contributed by atoms with E-state index in [9.17, 15) is 9.90 Å². The van der Waals surface area contributed by atoms with Crippen molar-refractivity contribution in [3.05, 3.63) is 93.9 Å². The van der Waals surface area contributed by atoms with Gasteiger partial charge >= 0.3 is 0 Å². The highest BCUT2D eigenvalue weighted by Gasteiger charge is 2.19. The number of anilines is 2. The number of aryl methyl sites for hydroxylation is 2. The van der Waals surface area contributed by atoms with Crippen LogP contribution in [0.25, 0.3) is 11.3 Å². The van der Waals surface area contributed by atoms with E-state index in [2.05, 4.69) is 38.8 Å². The molecule has 0 aliphatic heterocycles. The van der Waals surface area contributed by atoms with Gasteiger partial charge in [0.15, 0.2) is 0 Å². The van der Waals surface area contributed by atoms with Crippen molar-refractivity contribution in [1.82, 2.24) is 20.3 Å². The molecular formula is C28H28ClN5O2. The van der Waals surface area contributed by atoms with Crippen molar-refractivity contribution in [2.24, 2.45) is 0 Å². The molecule has 8 heteroatoms. The molecule has 0 saturated heterocycles. The monoisotopic (exact) mass is 501 g/mol. The number of carbonyl (C=O) groups is 1. The Labute approximate surface area is 215 Å². The average molecular weight is 502 g/mol. The molecule has 184 valence electrons. The number of halogens is 1. The predicted octanol–water partition coefficient (Wildman–Crippen LogP) is 5.52. The normalized spacial score (nSPS) is 13.6. The van der Waals surface area contributed by atoms with E-state index in [0.29, 0.717) is 16.7 Å². The lowest BCUT2D eigenvalue weighted by molar-refractivity contribution is 0.0911. The van der Waals surface area contributed by atoms with E-state index in [4.69, 9.17) is 16.6 Å². The van der Waals surface area contributed by atoms with Crippen LogP contribution in [0.15, 0.2) is 60.9 Å². The standard InChI is InChI=1S/C28H28ClN5O2/c1-17-14-31-28(33-23-11-5-7-18-6-2-3-10-22(18)23)34-26(17)20-13-24(30-15-20)27(36)32-25(16-35)19-8-4-9-21(29)12-19/h4-5,7-9,11-15,25,30,35H,2-3,6,10,16H2,1H3,(H,32,36)(H,31,33,34). The Morgan fingerprint density at radius 3 is 2.83 bits per heavy atom. The van der Waals surface area contributed by atoms with Crippen LogP contribution in [0.5, 0.6) is 0 Å². The van der Waals surface area contributed by atoms with Crippen LogP contribution in [0.2, 0.25) is 5.02 Å². The quantitative estimate of drug-likeness (QED) is 0.267. The zero-order valence-corrected chi connectivity index (χ0v) is 20.8. The third-order valence-electron chi connectivity index (χ3n) is 6.55. The molecule has 1 unspecified atom stereocenters. The van der Waals surface area contributed by atoms with E-state index < -0.39 is 6.04 Å². The number of aromatic nitrogens is 3.